The van der Waals surface area contributed by atoms with Gasteiger partial charge in [0.25, 0.3) is 5.19 Å². The Morgan fingerprint density at radius 2 is 2.17 bits per heavy atom. The molecular formula is C13H21N3OS. The van der Waals surface area contributed by atoms with E-state index in [9.17, 15) is 0 Å². The molecule has 4 nitrogen and oxygen atoms in total. The molecule has 2 bridgehead atoms. The average Bonchev–Trinajstić information content (AvgIpc) is 2.83. The number of likely N-dealkylation sites (tertiary alicyclic amines) is 2. The quantitative estimate of drug-likeness (QED) is 0.832. The van der Waals surface area contributed by atoms with Gasteiger partial charge in [0.2, 0.25) is 0 Å². The first-order chi connectivity index (χ1) is 8.67. The van der Waals surface area contributed by atoms with Gasteiger partial charge in [0, 0.05) is 48.8 Å². The van der Waals surface area contributed by atoms with Gasteiger partial charge in [-0.2, -0.15) is 0 Å². The van der Waals surface area contributed by atoms with Crippen LogP contribution in [-0.2, 0) is 6.54 Å². The molecule has 18 heavy (non-hydrogen) atoms. The van der Waals surface area contributed by atoms with Crippen LogP contribution in [0, 0.1) is 0 Å². The molecule has 1 aromatic rings. The molecule has 100 valence electrons. The molecule has 1 aromatic heterocycles. The number of nitrogens with zero attached hydrogens (tertiary/aromatic N) is 3. The summed E-state index contributed by atoms with van der Waals surface area (Å²) >= 11 is 1.67. The van der Waals surface area contributed by atoms with Gasteiger partial charge in [-0.15, -0.1) is 0 Å². The number of methoxy groups -OCH3 is 1. The Morgan fingerprint density at radius 3 is 2.72 bits per heavy atom. The Bertz CT molecular complexity index is 408. The van der Waals surface area contributed by atoms with E-state index >= 15 is 0 Å². The monoisotopic (exact) mass is 267 g/mol. The van der Waals surface area contributed by atoms with Crippen molar-refractivity contribution in [1.29, 1.82) is 0 Å². The third kappa shape index (κ3) is 2.15. The predicted molar refractivity (Wildman–Crippen MR) is 73.1 cm³/mol. The molecule has 2 fully saturated rings. The van der Waals surface area contributed by atoms with Crippen molar-refractivity contribution >= 4 is 11.3 Å². The second kappa shape index (κ2) is 4.79. The molecular weight excluding hydrogens is 246 g/mol. The van der Waals surface area contributed by atoms with E-state index in [1.165, 1.54) is 24.4 Å². The van der Waals surface area contributed by atoms with Crippen molar-refractivity contribution in [3.8, 4) is 5.19 Å². The number of fused-ring (bicyclic) bond motifs is 2. The summed E-state index contributed by atoms with van der Waals surface area (Å²) in [7, 11) is 1.68. The summed E-state index contributed by atoms with van der Waals surface area (Å²) in [6, 6.07) is 2.18. The molecule has 2 aliphatic rings. The van der Waals surface area contributed by atoms with E-state index in [4.69, 9.17) is 4.74 Å². The Morgan fingerprint density at radius 1 is 1.44 bits per heavy atom. The lowest BCUT2D eigenvalue weighted by atomic mass is 9.86. The molecule has 2 saturated heterocycles. The van der Waals surface area contributed by atoms with Crippen molar-refractivity contribution in [2.45, 2.75) is 44.9 Å². The van der Waals surface area contributed by atoms with Crippen LogP contribution >= 0.6 is 11.3 Å². The minimum atomic E-state index is 0.681. The lowest BCUT2D eigenvalue weighted by Gasteiger charge is -2.57. The molecule has 2 atom stereocenters. The van der Waals surface area contributed by atoms with Gasteiger partial charge in [0.05, 0.1) is 7.11 Å². The lowest BCUT2D eigenvalue weighted by Crippen LogP contribution is -2.68. The fourth-order valence-electron chi connectivity index (χ4n) is 3.04. The van der Waals surface area contributed by atoms with Gasteiger partial charge < -0.3 is 4.74 Å². The maximum atomic E-state index is 5.15. The van der Waals surface area contributed by atoms with Gasteiger partial charge >= 0.3 is 0 Å². The number of hydrogen-bond acceptors (Lipinski definition) is 5. The van der Waals surface area contributed by atoms with Crippen LogP contribution in [0.4, 0.5) is 0 Å². The number of ether oxygens (including phenoxy) is 1. The normalized spacial score (nSPS) is 28.4. The van der Waals surface area contributed by atoms with E-state index in [2.05, 4.69) is 28.6 Å². The van der Waals surface area contributed by atoms with E-state index in [0.717, 1.165) is 23.8 Å². The smallest absolute Gasteiger partial charge is 0.273 e. The summed E-state index contributed by atoms with van der Waals surface area (Å²) in [4.78, 5) is 10.8. The zero-order chi connectivity index (χ0) is 12.7. The summed E-state index contributed by atoms with van der Waals surface area (Å²) in [5, 5.41) is 0.777. The summed E-state index contributed by atoms with van der Waals surface area (Å²) in [5.74, 6) is 0. The number of piperazine rings is 1. The molecule has 0 aromatic carbocycles. The Kier molecular flexibility index (Phi) is 3.30. The van der Waals surface area contributed by atoms with Gasteiger partial charge in [-0.3, -0.25) is 9.80 Å². The third-order valence-corrected chi connectivity index (χ3v) is 5.09. The fraction of sp³-hybridized carbons (Fsp3) is 0.769. The Labute approximate surface area is 113 Å². The molecule has 2 unspecified atom stereocenters. The van der Waals surface area contributed by atoms with Crippen LogP contribution in [-0.4, -0.2) is 53.1 Å². The maximum Gasteiger partial charge on any atom is 0.273 e. The van der Waals surface area contributed by atoms with Crippen LogP contribution in [0.1, 0.15) is 25.1 Å². The molecule has 5 heteroatoms. The third-order valence-electron chi connectivity index (χ3n) is 4.15. The topological polar surface area (TPSA) is 28.6 Å². The first-order valence-corrected chi connectivity index (χ1v) is 7.47. The highest BCUT2D eigenvalue weighted by Crippen LogP contribution is 2.35. The molecule has 0 N–H and O–H groups in total. The molecule has 0 spiro atoms. The zero-order valence-corrected chi connectivity index (χ0v) is 12.1. The summed E-state index contributed by atoms with van der Waals surface area (Å²) in [6.45, 7) is 8.09. The number of piperidine rings is 1. The minimum absolute atomic E-state index is 0.681. The maximum absolute atomic E-state index is 5.15. The average molecular weight is 267 g/mol. The van der Waals surface area contributed by atoms with Gasteiger partial charge in [0.15, 0.2) is 0 Å². The van der Waals surface area contributed by atoms with Crippen molar-refractivity contribution in [3.63, 3.8) is 0 Å². The van der Waals surface area contributed by atoms with Crippen molar-refractivity contribution in [2.75, 3.05) is 20.2 Å². The van der Waals surface area contributed by atoms with Crippen molar-refractivity contribution in [1.82, 2.24) is 14.8 Å². The molecule has 3 heterocycles. The van der Waals surface area contributed by atoms with Crippen LogP contribution in [0.25, 0.3) is 0 Å². The first kappa shape index (κ1) is 12.4. The SMILES string of the molecule is COc1ncc(CN2C3CC2CN(C(C)C)C3)s1. The van der Waals surface area contributed by atoms with Crippen LogP contribution < -0.4 is 4.74 Å². The summed E-state index contributed by atoms with van der Waals surface area (Å²) in [6.07, 6.45) is 3.33. The predicted octanol–water partition coefficient (Wildman–Crippen LogP) is 1.82. The highest BCUT2D eigenvalue weighted by atomic mass is 32.1. The van der Waals surface area contributed by atoms with Crippen LogP contribution in [0.2, 0.25) is 0 Å². The van der Waals surface area contributed by atoms with Gasteiger partial charge in [0.1, 0.15) is 0 Å². The van der Waals surface area contributed by atoms with E-state index in [0.29, 0.717) is 6.04 Å². The lowest BCUT2D eigenvalue weighted by molar-refractivity contribution is -0.0829. The zero-order valence-electron chi connectivity index (χ0n) is 11.3. The molecule has 0 radical (unpaired) electrons. The molecule has 2 aliphatic heterocycles. The number of thiazole rings is 1. The fourth-order valence-corrected chi connectivity index (χ4v) is 3.77. The second-order valence-corrected chi connectivity index (χ2v) is 6.64. The molecule has 0 aliphatic carbocycles. The van der Waals surface area contributed by atoms with Crippen molar-refractivity contribution < 1.29 is 4.74 Å². The minimum Gasteiger partial charge on any atom is -0.473 e. The highest BCUT2D eigenvalue weighted by molar-refractivity contribution is 7.13. The summed E-state index contributed by atoms with van der Waals surface area (Å²) in [5.41, 5.74) is 0. The molecule has 0 saturated carbocycles. The summed E-state index contributed by atoms with van der Waals surface area (Å²) < 4.78 is 5.15. The largest absolute Gasteiger partial charge is 0.473 e. The molecule has 0 amide bonds. The van der Waals surface area contributed by atoms with Crippen molar-refractivity contribution in [2.24, 2.45) is 0 Å². The van der Waals surface area contributed by atoms with E-state index in [1.54, 1.807) is 18.4 Å². The highest BCUT2D eigenvalue weighted by Gasteiger charge is 2.44. The van der Waals surface area contributed by atoms with Gasteiger partial charge in [-0.1, -0.05) is 11.3 Å². The van der Waals surface area contributed by atoms with E-state index in [1.807, 2.05) is 6.20 Å². The number of rotatable bonds is 4. The number of hydrogen-bond donors (Lipinski definition) is 0. The Hall–Kier alpha value is -0.650. The molecule has 3 rings (SSSR count). The van der Waals surface area contributed by atoms with Crippen LogP contribution in [0.5, 0.6) is 5.19 Å². The first-order valence-electron chi connectivity index (χ1n) is 6.66. The standard InChI is InChI=1S/C13H21N3OS/c1-9(2)15-6-10-4-11(7-15)16(10)8-12-5-14-13(17-3)18-12/h5,9-11H,4,6-8H2,1-3H3. The number of aromatic nitrogens is 1. The van der Waals surface area contributed by atoms with E-state index < -0.39 is 0 Å². The van der Waals surface area contributed by atoms with Gasteiger partial charge in [-0.05, 0) is 20.3 Å². The van der Waals surface area contributed by atoms with Crippen LogP contribution in [0.15, 0.2) is 6.20 Å². The van der Waals surface area contributed by atoms with Crippen molar-refractivity contribution in [3.05, 3.63) is 11.1 Å². The second-order valence-electron chi connectivity index (χ2n) is 5.56. The van der Waals surface area contributed by atoms with Crippen LogP contribution in [0.3, 0.4) is 0 Å². The Balaban J connectivity index is 1.60. The van der Waals surface area contributed by atoms with Gasteiger partial charge in [-0.25, -0.2) is 4.98 Å². The van der Waals surface area contributed by atoms with E-state index in [-0.39, 0.29) is 0 Å².